The molecule has 9 nitrogen and oxygen atoms in total. The number of benzene rings is 2. The Morgan fingerprint density at radius 3 is 2.62 bits per heavy atom. The number of fused-ring (bicyclic) bond motifs is 3. The molecule has 2 aromatic rings. The number of anilines is 1. The number of ether oxygens (including phenoxy) is 1. The van der Waals surface area contributed by atoms with Crippen LogP contribution in [0.5, 0.6) is 5.75 Å². The fraction of sp³-hybridized carbons (Fsp3) is 0.500. The average Bonchev–Trinajstić information content (AvgIpc) is 3.39. The first-order chi connectivity index (χ1) is 18.4. The Bertz CT molecular complexity index is 1480. The Morgan fingerprint density at radius 1 is 1.18 bits per heavy atom. The van der Waals surface area contributed by atoms with E-state index in [0.717, 1.165) is 39.2 Å². The molecule has 0 spiro atoms. The molecule has 40 heavy (non-hydrogen) atoms. The number of thioether (sulfide) groups is 1. The summed E-state index contributed by atoms with van der Waals surface area (Å²) < 4.78 is 73.4. The first kappa shape index (κ1) is 33.7. The second-order valence-corrected chi connectivity index (χ2v) is 14.3. The van der Waals surface area contributed by atoms with E-state index < -0.39 is 26.0 Å². The third-order valence-corrected chi connectivity index (χ3v) is 10.1. The number of nitrogens with zero attached hydrogens (tertiary/aromatic N) is 2. The van der Waals surface area contributed by atoms with Crippen molar-refractivity contribution >= 4 is 65.1 Å². The molecule has 1 N–H and O–H groups in total. The molecule has 0 radical (unpaired) electrons. The summed E-state index contributed by atoms with van der Waals surface area (Å²) in [4.78, 5) is 2.07. The van der Waals surface area contributed by atoms with Gasteiger partial charge >= 0.3 is 29.6 Å². The normalized spacial score (nSPS) is 19.6. The number of hydrogen-bond acceptors (Lipinski definition) is 8. The third-order valence-electron chi connectivity index (χ3n) is 6.81. The van der Waals surface area contributed by atoms with Gasteiger partial charge in [0.05, 0.1) is 27.3 Å². The van der Waals surface area contributed by atoms with Gasteiger partial charge in [-0.3, -0.25) is 4.55 Å². The Kier molecular flexibility index (Phi) is 12.3. The van der Waals surface area contributed by atoms with Gasteiger partial charge in [-0.15, -0.1) is 0 Å². The second-order valence-electron chi connectivity index (χ2n) is 9.65. The van der Waals surface area contributed by atoms with Crippen LogP contribution in [0.15, 0.2) is 48.0 Å². The van der Waals surface area contributed by atoms with Gasteiger partial charge in [0.25, 0.3) is 10.1 Å². The zero-order valence-corrected chi connectivity index (χ0v) is 27.9. The van der Waals surface area contributed by atoms with Gasteiger partial charge in [-0.1, -0.05) is 42.8 Å². The third kappa shape index (κ3) is 9.08. The van der Waals surface area contributed by atoms with E-state index in [4.69, 9.17) is 20.9 Å². The number of hydrogen-bond donors (Lipinski definition) is 1. The maximum absolute atomic E-state index is 11.3. The predicted octanol–water partition coefficient (Wildman–Crippen LogP) is 1.42. The Morgan fingerprint density at radius 2 is 1.93 bits per heavy atom. The van der Waals surface area contributed by atoms with Gasteiger partial charge in [-0.25, -0.2) is 13.0 Å². The first-order valence-corrected chi connectivity index (χ1v) is 17.5. The maximum Gasteiger partial charge on any atom is 1.00 e. The van der Waals surface area contributed by atoms with Crippen LogP contribution >= 0.6 is 23.4 Å². The molecule has 2 aliphatic rings. The Balaban J connectivity index is 0.00000441. The van der Waals surface area contributed by atoms with Crippen molar-refractivity contribution in [2.24, 2.45) is 0 Å². The quantitative estimate of drug-likeness (QED) is 0.0865. The minimum Gasteiger partial charge on any atom is -0.748 e. The van der Waals surface area contributed by atoms with Crippen LogP contribution in [0.2, 0.25) is 0 Å². The van der Waals surface area contributed by atoms with Crippen molar-refractivity contribution in [1.29, 1.82) is 0 Å². The summed E-state index contributed by atoms with van der Waals surface area (Å²) in [5.74, 6) is 0.716. The van der Waals surface area contributed by atoms with E-state index in [0.29, 0.717) is 38.1 Å². The summed E-state index contributed by atoms with van der Waals surface area (Å²) >= 11 is 8.19. The molecule has 0 aliphatic carbocycles. The van der Waals surface area contributed by atoms with Crippen molar-refractivity contribution in [2.45, 2.75) is 50.8 Å². The van der Waals surface area contributed by atoms with E-state index >= 15 is 0 Å². The molecule has 4 rings (SSSR count). The van der Waals surface area contributed by atoms with Crippen molar-refractivity contribution in [3.63, 3.8) is 0 Å². The van der Waals surface area contributed by atoms with Gasteiger partial charge in [0.15, 0.2) is 6.23 Å². The smallest absolute Gasteiger partial charge is 0.748 e. The van der Waals surface area contributed by atoms with Gasteiger partial charge in [0.2, 0.25) is 10.5 Å². The Labute approximate surface area is 267 Å². The van der Waals surface area contributed by atoms with Crippen LogP contribution in [-0.4, -0.2) is 77.6 Å². The standard InChI is InChI=1S/C26H33ClN2O7S3.Na/c1-2-19(17-25-28(23(27)18-37-25)12-5-6-14-38(30,31)32)16-24-29(13-7-15-39(33,34)35)26-21-9-4-3-8-20(21)10-11-22(26)36-24;/h3-4,8-11,17,23-24H,2,5-7,12-16,18H2,1H3,(H-,30,31,32,33,34,35);/q;+1/b19-17+;. The maximum atomic E-state index is 11.3. The summed E-state index contributed by atoms with van der Waals surface area (Å²) in [6.45, 7) is 3.00. The molecule has 0 bridgehead atoms. The van der Waals surface area contributed by atoms with Gasteiger partial charge in [0.1, 0.15) is 12.3 Å². The molecular formula is C26H33ClN2NaO7S3+. The van der Waals surface area contributed by atoms with Crippen LogP contribution in [0.3, 0.4) is 0 Å². The SMILES string of the molecule is CC/C(=C\C1=[N+](CCCCS(=O)(=O)O)C(Cl)CS1)CC1Oc2ccc3ccccc3c2N1CCCS(=O)(=O)[O-].[Na+]. The van der Waals surface area contributed by atoms with Gasteiger partial charge in [0, 0.05) is 36.6 Å². The molecule has 0 aromatic heterocycles. The minimum atomic E-state index is -4.33. The first-order valence-electron chi connectivity index (χ1n) is 12.9. The molecule has 0 fully saturated rings. The van der Waals surface area contributed by atoms with Crippen molar-refractivity contribution in [3.05, 3.63) is 48.0 Å². The molecule has 14 heteroatoms. The van der Waals surface area contributed by atoms with E-state index in [-0.39, 0.29) is 53.5 Å². The topological polar surface area (TPSA) is 127 Å². The van der Waals surface area contributed by atoms with E-state index in [1.54, 1.807) is 11.8 Å². The summed E-state index contributed by atoms with van der Waals surface area (Å²) in [5.41, 5.74) is 1.81. The largest absolute Gasteiger partial charge is 1.00 e. The van der Waals surface area contributed by atoms with Crippen molar-refractivity contribution in [3.8, 4) is 5.75 Å². The van der Waals surface area contributed by atoms with E-state index in [9.17, 15) is 21.4 Å². The average molecular weight is 640 g/mol. The van der Waals surface area contributed by atoms with E-state index in [2.05, 4.69) is 22.5 Å². The molecule has 2 aliphatic heterocycles. The molecule has 214 valence electrons. The van der Waals surface area contributed by atoms with Crippen LogP contribution in [-0.2, 0) is 20.2 Å². The van der Waals surface area contributed by atoms with Crippen LogP contribution in [0.25, 0.3) is 10.8 Å². The zero-order chi connectivity index (χ0) is 28.2. The molecule has 2 heterocycles. The summed E-state index contributed by atoms with van der Waals surface area (Å²) in [6, 6.07) is 11.9. The number of unbranched alkanes of at least 4 members (excludes halogenated alkanes) is 1. The molecule has 2 aromatic carbocycles. The van der Waals surface area contributed by atoms with Crippen molar-refractivity contribution in [2.75, 3.05) is 35.2 Å². The van der Waals surface area contributed by atoms with Crippen LogP contribution in [0, 0.1) is 0 Å². The van der Waals surface area contributed by atoms with Crippen molar-refractivity contribution < 1.29 is 64.8 Å². The number of alkyl halides is 1. The molecular weight excluding hydrogens is 607 g/mol. The molecule has 0 saturated carbocycles. The molecule has 2 atom stereocenters. The van der Waals surface area contributed by atoms with Crippen LogP contribution in [0.1, 0.15) is 39.0 Å². The molecule has 0 amide bonds. The summed E-state index contributed by atoms with van der Waals surface area (Å²) in [6.07, 6.45) is 4.18. The zero-order valence-electron chi connectivity index (χ0n) is 22.7. The Hall–Kier alpha value is -0.830. The molecule has 2 unspecified atom stereocenters. The monoisotopic (exact) mass is 639 g/mol. The van der Waals surface area contributed by atoms with Crippen LogP contribution in [0.4, 0.5) is 5.69 Å². The van der Waals surface area contributed by atoms with Gasteiger partial charge in [-0.2, -0.15) is 8.42 Å². The van der Waals surface area contributed by atoms with E-state index in [1.165, 1.54) is 0 Å². The fourth-order valence-electron chi connectivity index (χ4n) is 4.91. The predicted molar refractivity (Wildman–Crippen MR) is 156 cm³/mol. The number of halogens is 1. The van der Waals surface area contributed by atoms with E-state index in [1.807, 2.05) is 36.4 Å². The number of rotatable bonds is 13. The minimum absolute atomic E-state index is 0. The summed E-state index contributed by atoms with van der Waals surface area (Å²) in [5, 5.41) is 3.05. The second kappa shape index (κ2) is 14.6. The van der Waals surface area contributed by atoms with Gasteiger partial charge in [-0.05, 0) is 54.1 Å². The van der Waals surface area contributed by atoms with Crippen molar-refractivity contribution in [1.82, 2.24) is 0 Å². The van der Waals surface area contributed by atoms with Gasteiger partial charge < -0.3 is 14.2 Å². The fourth-order valence-corrected chi connectivity index (χ4v) is 7.53. The van der Waals surface area contributed by atoms with Crippen LogP contribution < -0.4 is 39.2 Å². The molecule has 0 saturated heterocycles. The summed E-state index contributed by atoms with van der Waals surface area (Å²) in [7, 11) is -8.31.